The van der Waals surface area contributed by atoms with E-state index in [2.05, 4.69) is 25.3 Å². The zero-order valence-electron chi connectivity index (χ0n) is 12.9. The van der Waals surface area contributed by atoms with Gasteiger partial charge < -0.3 is 10.1 Å². The number of imidazole rings is 1. The minimum Gasteiger partial charge on any atom is -0.481 e. The van der Waals surface area contributed by atoms with E-state index in [9.17, 15) is 13.6 Å². The molecular weight excluding hydrogens is 334 g/mol. The lowest BCUT2D eigenvalue weighted by Crippen LogP contribution is -2.17. The highest BCUT2D eigenvalue weighted by Crippen LogP contribution is 2.18. The Morgan fingerprint density at radius 3 is 2.76 bits per heavy atom. The minimum absolute atomic E-state index is 0.152. The van der Waals surface area contributed by atoms with Crippen molar-refractivity contribution in [1.82, 2.24) is 24.5 Å². The van der Waals surface area contributed by atoms with Crippen molar-refractivity contribution >= 4 is 11.6 Å². The third-order valence-corrected chi connectivity index (χ3v) is 3.14. The number of methoxy groups -OCH3 is 1. The fourth-order valence-electron chi connectivity index (χ4n) is 1.94. The number of alkyl halides is 2. The van der Waals surface area contributed by atoms with Crippen LogP contribution in [-0.4, -0.2) is 37.5 Å². The maximum atomic E-state index is 12.5. The van der Waals surface area contributed by atoms with Gasteiger partial charge >= 0.3 is 0 Å². The van der Waals surface area contributed by atoms with Crippen LogP contribution in [0.25, 0.3) is 5.82 Å². The summed E-state index contributed by atoms with van der Waals surface area (Å²) < 4.78 is 31.7. The molecule has 1 N–H and O–H groups in total. The maximum absolute atomic E-state index is 12.5. The fraction of sp³-hybridized carbons (Fsp3) is 0.133. The maximum Gasteiger partial charge on any atom is 0.293 e. The minimum atomic E-state index is -2.68. The highest BCUT2D eigenvalue weighted by Gasteiger charge is 2.15. The van der Waals surface area contributed by atoms with Gasteiger partial charge in [-0.15, -0.1) is 0 Å². The van der Waals surface area contributed by atoms with E-state index in [1.54, 1.807) is 17.0 Å². The number of anilines is 1. The number of ether oxygens (including phenoxy) is 1. The number of amides is 1. The first-order valence-electron chi connectivity index (χ1n) is 7.03. The van der Waals surface area contributed by atoms with Gasteiger partial charge in [-0.25, -0.2) is 18.7 Å². The normalized spacial score (nSPS) is 10.7. The molecule has 0 spiro atoms. The van der Waals surface area contributed by atoms with Gasteiger partial charge in [-0.2, -0.15) is 4.98 Å². The summed E-state index contributed by atoms with van der Waals surface area (Å²) in [5.74, 6) is -0.205. The molecule has 0 aliphatic heterocycles. The molecule has 0 unspecified atom stereocenters. The van der Waals surface area contributed by atoms with Gasteiger partial charge in [-0.05, 0) is 12.1 Å². The number of carbonyl (C=O) groups excluding carboxylic acids is 1. The van der Waals surface area contributed by atoms with E-state index in [0.717, 1.165) is 12.3 Å². The molecular formula is C15H12F2N6O2. The Bertz CT molecular complexity index is 868. The second kappa shape index (κ2) is 6.99. The molecule has 3 heterocycles. The first-order valence-corrected chi connectivity index (χ1v) is 7.03. The first kappa shape index (κ1) is 16.4. The molecule has 25 heavy (non-hydrogen) atoms. The molecule has 0 fully saturated rings. The van der Waals surface area contributed by atoms with Crippen LogP contribution >= 0.6 is 0 Å². The van der Waals surface area contributed by atoms with Crippen LogP contribution in [0.1, 0.15) is 22.7 Å². The molecule has 3 aromatic rings. The van der Waals surface area contributed by atoms with E-state index in [4.69, 9.17) is 4.74 Å². The van der Waals surface area contributed by atoms with Crippen molar-refractivity contribution in [2.24, 2.45) is 0 Å². The highest BCUT2D eigenvalue weighted by atomic mass is 19.3. The van der Waals surface area contributed by atoms with Crippen LogP contribution in [0.15, 0.2) is 43.1 Å². The monoisotopic (exact) mass is 346 g/mol. The van der Waals surface area contributed by atoms with Gasteiger partial charge in [0.25, 0.3) is 12.3 Å². The van der Waals surface area contributed by atoms with Crippen LogP contribution in [0.3, 0.4) is 0 Å². The molecule has 0 radical (unpaired) electrons. The lowest BCUT2D eigenvalue weighted by atomic mass is 10.3. The molecule has 0 aliphatic rings. The molecule has 0 saturated carbocycles. The quantitative estimate of drug-likeness (QED) is 0.761. The van der Waals surface area contributed by atoms with Crippen LogP contribution in [0, 0.1) is 0 Å². The third-order valence-electron chi connectivity index (χ3n) is 3.14. The molecule has 0 saturated heterocycles. The van der Waals surface area contributed by atoms with Gasteiger partial charge in [0.1, 0.15) is 17.8 Å². The SMILES string of the molecule is COc1cc(-n2ccnc2)nc(C(=O)Nc2ccc(C(F)F)nc2)n1. The van der Waals surface area contributed by atoms with Crippen LogP contribution in [-0.2, 0) is 0 Å². The lowest BCUT2D eigenvalue weighted by molar-refractivity contribution is 0.101. The zero-order valence-corrected chi connectivity index (χ0v) is 12.9. The van der Waals surface area contributed by atoms with E-state index in [1.807, 2.05) is 0 Å². The summed E-state index contributed by atoms with van der Waals surface area (Å²) in [7, 11) is 1.41. The third kappa shape index (κ3) is 3.74. The molecule has 0 aromatic carbocycles. The average molecular weight is 346 g/mol. The van der Waals surface area contributed by atoms with Crippen molar-refractivity contribution in [3.63, 3.8) is 0 Å². The second-order valence-corrected chi connectivity index (χ2v) is 4.79. The summed E-state index contributed by atoms with van der Waals surface area (Å²) in [5.41, 5.74) is -0.136. The molecule has 3 aromatic heterocycles. The molecule has 128 valence electrons. The molecule has 8 nitrogen and oxygen atoms in total. The number of hydrogen-bond acceptors (Lipinski definition) is 6. The fourth-order valence-corrected chi connectivity index (χ4v) is 1.94. The molecule has 0 bridgehead atoms. The second-order valence-electron chi connectivity index (χ2n) is 4.79. The van der Waals surface area contributed by atoms with Gasteiger partial charge in [0.05, 0.1) is 19.0 Å². The molecule has 3 rings (SSSR count). The van der Waals surface area contributed by atoms with Crippen molar-refractivity contribution in [3.8, 4) is 11.7 Å². The summed E-state index contributed by atoms with van der Waals surface area (Å²) in [4.78, 5) is 27.9. The van der Waals surface area contributed by atoms with E-state index in [1.165, 1.54) is 25.6 Å². The Balaban J connectivity index is 1.85. The number of pyridine rings is 1. The van der Waals surface area contributed by atoms with Crippen LogP contribution < -0.4 is 10.1 Å². The van der Waals surface area contributed by atoms with Crippen LogP contribution in [0.2, 0.25) is 0 Å². The predicted molar refractivity (Wildman–Crippen MR) is 82.9 cm³/mol. The van der Waals surface area contributed by atoms with E-state index in [0.29, 0.717) is 5.82 Å². The van der Waals surface area contributed by atoms with Crippen molar-refractivity contribution in [1.29, 1.82) is 0 Å². The predicted octanol–water partition coefficient (Wildman–Crippen LogP) is 2.26. The zero-order chi connectivity index (χ0) is 17.8. The topological polar surface area (TPSA) is 94.8 Å². The summed E-state index contributed by atoms with van der Waals surface area (Å²) >= 11 is 0. The van der Waals surface area contributed by atoms with Crippen LogP contribution in [0.5, 0.6) is 5.88 Å². The Morgan fingerprint density at radius 2 is 2.16 bits per heavy atom. The van der Waals surface area contributed by atoms with Crippen molar-refractivity contribution in [2.75, 3.05) is 12.4 Å². The van der Waals surface area contributed by atoms with Crippen molar-refractivity contribution in [2.45, 2.75) is 6.43 Å². The molecule has 1 amide bonds. The van der Waals surface area contributed by atoms with Gasteiger partial charge in [-0.1, -0.05) is 0 Å². The van der Waals surface area contributed by atoms with E-state index >= 15 is 0 Å². The highest BCUT2D eigenvalue weighted by molar-refractivity contribution is 6.01. The summed E-state index contributed by atoms with van der Waals surface area (Å²) in [5, 5.41) is 2.50. The van der Waals surface area contributed by atoms with Crippen molar-refractivity contribution < 1.29 is 18.3 Å². The molecule has 10 heteroatoms. The lowest BCUT2D eigenvalue weighted by Gasteiger charge is -2.08. The first-order chi connectivity index (χ1) is 12.1. The standard InChI is InChI=1S/C15H12F2N6O2/c1-25-12-6-11(23-5-4-18-8-23)21-14(22-12)15(24)20-9-2-3-10(13(16)17)19-7-9/h2-8,13H,1H3,(H,20,24). The Hall–Kier alpha value is -3.43. The average Bonchev–Trinajstić information content (AvgIpc) is 3.16. The number of hydrogen-bond donors (Lipinski definition) is 1. The Kier molecular flexibility index (Phi) is 4.59. The van der Waals surface area contributed by atoms with Gasteiger partial charge in [-0.3, -0.25) is 14.3 Å². The van der Waals surface area contributed by atoms with E-state index < -0.39 is 12.3 Å². The van der Waals surface area contributed by atoms with Gasteiger partial charge in [0.15, 0.2) is 0 Å². The number of aromatic nitrogens is 5. The Morgan fingerprint density at radius 1 is 1.32 bits per heavy atom. The van der Waals surface area contributed by atoms with Crippen molar-refractivity contribution in [3.05, 3.63) is 54.6 Å². The molecule has 0 aliphatic carbocycles. The summed E-state index contributed by atoms with van der Waals surface area (Å²) in [6.07, 6.45) is 3.18. The number of halogens is 2. The number of nitrogens with zero attached hydrogens (tertiary/aromatic N) is 5. The summed E-state index contributed by atoms with van der Waals surface area (Å²) in [6.45, 7) is 0. The Labute approximate surface area is 140 Å². The van der Waals surface area contributed by atoms with Gasteiger partial charge in [0.2, 0.25) is 11.7 Å². The molecule has 0 atom stereocenters. The largest absolute Gasteiger partial charge is 0.481 e. The van der Waals surface area contributed by atoms with Crippen LogP contribution in [0.4, 0.5) is 14.5 Å². The van der Waals surface area contributed by atoms with E-state index in [-0.39, 0.29) is 23.1 Å². The number of rotatable bonds is 5. The summed E-state index contributed by atoms with van der Waals surface area (Å²) in [6, 6.07) is 3.99. The number of carbonyl (C=O) groups is 1. The number of nitrogens with one attached hydrogen (secondary N) is 1. The smallest absolute Gasteiger partial charge is 0.293 e. The van der Waals surface area contributed by atoms with Gasteiger partial charge in [0, 0.05) is 18.5 Å².